The van der Waals surface area contributed by atoms with Gasteiger partial charge in [0, 0.05) is 6.61 Å². The summed E-state index contributed by atoms with van der Waals surface area (Å²) >= 11 is 0. The Labute approximate surface area is 134 Å². The van der Waals surface area contributed by atoms with E-state index in [9.17, 15) is 5.11 Å². The Kier molecular flexibility index (Phi) is 18.0. The molecule has 0 aromatic rings. The minimum atomic E-state index is 0.386. The molecule has 0 bridgehead atoms. The zero-order valence-electron chi connectivity index (χ0n) is 15.0. The van der Waals surface area contributed by atoms with Crippen molar-refractivity contribution < 1.29 is 5.11 Å². The third kappa shape index (κ3) is 16.2. The number of hydrogen-bond donors (Lipinski definition) is 1. The summed E-state index contributed by atoms with van der Waals surface area (Å²) < 4.78 is 0. The molecule has 0 aliphatic rings. The lowest BCUT2D eigenvalue weighted by atomic mass is 9.92. The maximum absolute atomic E-state index is 9.21. The molecule has 0 aromatic carbocycles. The average molecular weight is 299 g/mol. The van der Waals surface area contributed by atoms with E-state index >= 15 is 0 Å². The number of unbranched alkanes of at least 4 members (excludes halogenated alkanes) is 11. The van der Waals surface area contributed by atoms with E-state index in [1.165, 1.54) is 96.3 Å². The van der Waals surface area contributed by atoms with E-state index in [-0.39, 0.29) is 0 Å². The quantitative estimate of drug-likeness (QED) is 0.290. The molecular formula is C20H42O. The van der Waals surface area contributed by atoms with Crippen molar-refractivity contribution in [2.24, 2.45) is 5.92 Å². The van der Waals surface area contributed by atoms with E-state index in [0.29, 0.717) is 6.61 Å². The molecule has 0 saturated heterocycles. The second-order valence-electron chi connectivity index (χ2n) is 6.84. The van der Waals surface area contributed by atoms with Gasteiger partial charge >= 0.3 is 0 Å². The van der Waals surface area contributed by atoms with Crippen molar-refractivity contribution in [3.8, 4) is 0 Å². The van der Waals surface area contributed by atoms with Crippen LogP contribution in [0.15, 0.2) is 0 Å². The van der Waals surface area contributed by atoms with Crippen molar-refractivity contribution in [2.75, 3.05) is 6.61 Å². The van der Waals surface area contributed by atoms with Crippen molar-refractivity contribution in [1.82, 2.24) is 0 Å². The molecule has 0 radical (unpaired) electrons. The second kappa shape index (κ2) is 18.0. The van der Waals surface area contributed by atoms with Gasteiger partial charge < -0.3 is 5.11 Å². The highest BCUT2D eigenvalue weighted by Crippen LogP contribution is 2.21. The first-order chi connectivity index (χ1) is 10.3. The first kappa shape index (κ1) is 21.0. The lowest BCUT2D eigenvalue weighted by Gasteiger charge is -2.15. The van der Waals surface area contributed by atoms with Gasteiger partial charge in [-0.1, -0.05) is 110 Å². The van der Waals surface area contributed by atoms with Crippen LogP contribution in [0, 0.1) is 5.92 Å². The molecule has 1 atom stereocenters. The molecule has 1 unspecified atom stereocenters. The normalized spacial score (nSPS) is 12.7. The molecule has 0 amide bonds. The van der Waals surface area contributed by atoms with Gasteiger partial charge in [0.1, 0.15) is 0 Å². The number of rotatable bonds is 17. The van der Waals surface area contributed by atoms with Gasteiger partial charge in [-0.2, -0.15) is 0 Å². The van der Waals surface area contributed by atoms with E-state index in [1.54, 1.807) is 0 Å². The third-order valence-corrected chi connectivity index (χ3v) is 4.72. The smallest absolute Gasteiger partial charge is 0.0433 e. The van der Waals surface area contributed by atoms with Gasteiger partial charge in [-0.05, 0) is 12.3 Å². The van der Waals surface area contributed by atoms with Crippen molar-refractivity contribution in [1.29, 1.82) is 0 Å². The van der Waals surface area contributed by atoms with E-state index in [0.717, 1.165) is 12.3 Å². The van der Waals surface area contributed by atoms with Crippen LogP contribution in [0.5, 0.6) is 0 Å². The predicted molar refractivity (Wildman–Crippen MR) is 95.8 cm³/mol. The van der Waals surface area contributed by atoms with E-state index in [1.807, 2.05) is 0 Å². The van der Waals surface area contributed by atoms with E-state index in [4.69, 9.17) is 0 Å². The fraction of sp³-hybridized carbons (Fsp3) is 1.00. The summed E-state index contributed by atoms with van der Waals surface area (Å²) in [5.41, 5.74) is 0. The van der Waals surface area contributed by atoms with Crippen molar-refractivity contribution in [3.63, 3.8) is 0 Å². The summed E-state index contributed by atoms with van der Waals surface area (Å²) in [5, 5.41) is 9.21. The number of aliphatic hydroxyl groups excluding tert-OH is 1. The molecule has 0 aromatic heterocycles. The van der Waals surface area contributed by atoms with Gasteiger partial charge in [0.25, 0.3) is 0 Å². The summed E-state index contributed by atoms with van der Waals surface area (Å²) in [5.74, 6) is 0.789. The van der Waals surface area contributed by atoms with Gasteiger partial charge in [0.05, 0.1) is 0 Å². The van der Waals surface area contributed by atoms with Crippen LogP contribution in [0.1, 0.15) is 117 Å². The molecule has 0 aliphatic heterocycles. The molecule has 128 valence electrons. The fourth-order valence-corrected chi connectivity index (χ4v) is 3.22. The molecule has 21 heavy (non-hydrogen) atoms. The molecule has 1 nitrogen and oxygen atoms in total. The molecule has 0 aliphatic carbocycles. The number of hydrogen-bond acceptors (Lipinski definition) is 1. The highest BCUT2D eigenvalue weighted by atomic mass is 16.3. The van der Waals surface area contributed by atoms with Crippen molar-refractivity contribution in [3.05, 3.63) is 0 Å². The Hall–Kier alpha value is -0.0400. The highest BCUT2D eigenvalue weighted by molar-refractivity contribution is 4.60. The van der Waals surface area contributed by atoms with Crippen molar-refractivity contribution in [2.45, 2.75) is 117 Å². The zero-order valence-corrected chi connectivity index (χ0v) is 15.0. The summed E-state index contributed by atoms with van der Waals surface area (Å²) in [4.78, 5) is 0. The molecule has 0 heterocycles. The van der Waals surface area contributed by atoms with Gasteiger partial charge in [0.15, 0.2) is 0 Å². The first-order valence-electron chi connectivity index (χ1n) is 9.96. The summed E-state index contributed by atoms with van der Waals surface area (Å²) in [6.07, 6.45) is 21.9. The van der Waals surface area contributed by atoms with Crippen LogP contribution in [0.4, 0.5) is 0 Å². The summed E-state index contributed by atoms with van der Waals surface area (Å²) in [6.45, 7) is 4.94. The lowest BCUT2D eigenvalue weighted by molar-refractivity contribution is 0.241. The highest BCUT2D eigenvalue weighted by Gasteiger charge is 2.07. The third-order valence-electron chi connectivity index (χ3n) is 4.72. The predicted octanol–water partition coefficient (Wildman–Crippen LogP) is 6.88. The SMILES string of the molecule is CCCCCCCCCC(CCO)CCCCCCCC. The van der Waals surface area contributed by atoms with Gasteiger partial charge in [-0.3, -0.25) is 0 Å². The zero-order chi connectivity index (χ0) is 15.6. The monoisotopic (exact) mass is 298 g/mol. The van der Waals surface area contributed by atoms with Gasteiger partial charge in [0.2, 0.25) is 0 Å². The Morgan fingerprint density at radius 1 is 0.524 bits per heavy atom. The Bertz CT molecular complexity index is 179. The molecule has 0 rings (SSSR count). The van der Waals surface area contributed by atoms with Crippen LogP contribution in [-0.2, 0) is 0 Å². The molecule has 0 fully saturated rings. The standard InChI is InChI=1S/C20H42O/c1-3-5-7-9-11-13-15-17-20(18-19-21)16-14-12-10-8-6-4-2/h20-21H,3-19H2,1-2H3. The van der Waals surface area contributed by atoms with Crippen LogP contribution in [-0.4, -0.2) is 11.7 Å². The number of aliphatic hydroxyl groups is 1. The fourth-order valence-electron chi connectivity index (χ4n) is 3.22. The molecule has 0 saturated carbocycles. The van der Waals surface area contributed by atoms with E-state index in [2.05, 4.69) is 13.8 Å². The largest absolute Gasteiger partial charge is 0.396 e. The molecule has 1 N–H and O–H groups in total. The molecule has 1 heteroatoms. The Morgan fingerprint density at radius 3 is 1.29 bits per heavy atom. The van der Waals surface area contributed by atoms with Gasteiger partial charge in [-0.25, -0.2) is 0 Å². The minimum Gasteiger partial charge on any atom is -0.396 e. The molecule has 0 spiro atoms. The van der Waals surface area contributed by atoms with E-state index < -0.39 is 0 Å². The van der Waals surface area contributed by atoms with Crippen molar-refractivity contribution >= 4 is 0 Å². The van der Waals surface area contributed by atoms with Crippen LogP contribution >= 0.6 is 0 Å². The van der Waals surface area contributed by atoms with Crippen LogP contribution in [0.3, 0.4) is 0 Å². The Balaban J connectivity index is 3.44. The molecular weight excluding hydrogens is 256 g/mol. The maximum atomic E-state index is 9.21. The first-order valence-corrected chi connectivity index (χ1v) is 9.96. The Morgan fingerprint density at radius 2 is 0.905 bits per heavy atom. The minimum absolute atomic E-state index is 0.386. The summed E-state index contributed by atoms with van der Waals surface area (Å²) in [6, 6.07) is 0. The maximum Gasteiger partial charge on any atom is 0.0433 e. The second-order valence-corrected chi connectivity index (χ2v) is 6.84. The summed E-state index contributed by atoms with van der Waals surface area (Å²) in [7, 11) is 0. The average Bonchev–Trinajstić information content (AvgIpc) is 2.49. The van der Waals surface area contributed by atoms with Crippen LogP contribution in [0.2, 0.25) is 0 Å². The van der Waals surface area contributed by atoms with Gasteiger partial charge in [-0.15, -0.1) is 0 Å². The lowest BCUT2D eigenvalue weighted by Crippen LogP contribution is -2.03. The van der Waals surface area contributed by atoms with Crippen LogP contribution in [0.25, 0.3) is 0 Å². The topological polar surface area (TPSA) is 20.2 Å². The van der Waals surface area contributed by atoms with Crippen LogP contribution < -0.4 is 0 Å².